The Morgan fingerprint density at radius 1 is 1.25 bits per heavy atom. The third kappa shape index (κ3) is 4.19. The number of hydrogen-bond donors (Lipinski definition) is 2. The molecule has 4 rings (SSSR count). The van der Waals surface area contributed by atoms with Crippen LogP contribution in [0.5, 0.6) is 0 Å². The van der Waals surface area contributed by atoms with Crippen LogP contribution in [0.15, 0.2) is 35.3 Å². The van der Waals surface area contributed by atoms with Crippen molar-refractivity contribution in [1.82, 2.24) is 15.5 Å². The van der Waals surface area contributed by atoms with E-state index in [2.05, 4.69) is 71.6 Å². The predicted molar refractivity (Wildman–Crippen MR) is 125 cm³/mol. The summed E-state index contributed by atoms with van der Waals surface area (Å²) < 4.78 is 5.92. The SMILES string of the molecule is CN=C(NC1CC(C)N(Cc2ccccc2)C1)NC1C2CCOC2C1(C)C.I. The fourth-order valence-electron chi connectivity index (χ4n) is 5.37. The summed E-state index contributed by atoms with van der Waals surface area (Å²) in [6, 6.07) is 12.2. The standard InChI is InChI=1S/C22H34N4O.HI/c1-15-12-17(14-26(15)13-16-8-6-5-7-9-16)24-21(23-4)25-19-18-10-11-27-20(18)22(19,2)3;/h5-9,15,17-20H,10-14H2,1-4H3,(H2,23,24,25);1H. The van der Waals surface area contributed by atoms with Crippen LogP contribution in [-0.2, 0) is 11.3 Å². The molecular formula is C22H35IN4O. The van der Waals surface area contributed by atoms with Gasteiger partial charge in [-0.1, -0.05) is 44.2 Å². The van der Waals surface area contributed by atoms with E-state index in [0.717, 1.165) is 38.5 Å². The summed E-state index contributed by atoms with van der Waals surface area (Å²) in [6.45, 7) is 9.92. The van der Waals surface area contributed by atoms with Crippen LogP contribution in [0, 0.1) is 11.3 Å². The highest BCUT2D eigenvalue weighted by molar-refractivity contribution is 14.0. The van der Waals surface area contributed by atoms with Gasteiger partial charge in [0.2, 0.25) is 0 Å². The van der Waals surface area contributed by atoms with Crippen LogP contribution in [0.3, 0.4) is 0 Å². The number of fused-ring (bicyclic) bond motifs is 1. The zero-order valence-corrected chi connectivity index (χ0v) is 19.9. The smallest absolute Gasteiger partial charge is 0.191 e. The van der Waals surface area contributed by atoms with Crippen LogP contribution in [0.25, 0.3) is 0 Å². The third-order valence-corrected chi connectivity index (χ3v) is 6.89. The first-order valence-electron chi connectivity index (χ1n) is 10.4. The maximum Gasteiger partial charge on any atom is 0.191 e. The van der Waals surface area contributed by atoms with Crippen LogP contribution in [-0.4, -0.2) is 55.3 Å². The van der Waals surface area contributed by atoms with Crippen LogP contribution >= 0.6 is 24.0 Å². The Hall–Kier alpha value is -0.860. The predicted octanol–water partition coefficient (Wildman–Crippen LogP) is 3.25. The lowest BCUT2D eigenvalue weighted by molar-refractivity contribution is -0.106. The zero-order chi connectivity index (χ0) is 19.0. The normalized spacial score (nSPS) is 34.3. The summed E-state index contributed by atoms with van der Waals surface area (Å²) in [6.07, 6.45) is 2.71. The molecule has 0 amide bonds. The second-order valence-electron chi connectivity index (χ2n) is 9.10. The van der Waals surface area contributed by atoms with Crippen molar-refractivity contribution in [2.45, 2.75) is 64.4 Å². The minimum atomic E-state index is 0. The van der Waals surface area contributed by atoms with Crippen molar-refractivity contribution in [3.05, 3.63) is 35.9 Å². The van der Waals surface area contributed by atoms with E-state index in [1.54, 1.807) is 0 Å². The fourth-order valence-corrected chi connectivity index (χ4v) is 5.37. The largest absolute Gasteiger partial charge is 0.377 e. The second-order valence-corrected chi connectivity index (χ2v) is 9.10. The summed E-state index contributed by atoms with van der Waals surface area (Å²) in [5.41, 5.74) is 1.55. The topological polar surface area (TPSA) is 48.9 Å². The lowest BCUT2D eigenvalue weighted by Gasteiger charge is -2.55. The van der Waals surface area contributed by atoms with E-state index < -0.39 is 0 Å². The van der Waals surface area contributed by atoms with Gasteiger partial charge in [-0.25, -0.2) is 0 Å². The van der Waals surface area contributed by atoms with Gasteiger partial charge in [0.05, 0.1) is 6.10 Å². The molecule has 1 aliphatic carbocycles. The average molecular weight is 498 g/mol. The Labute approximate surface area is 186 Å². The van der Waals surface area contributed by atoms with E-state index >= 15 is 0 Å². The van der Waals surface area contributed by atoms with Crippen molar-refractivity contribution >= 4 is 29.9 Å². The number of likely N-dealkylation sites (tertiary alicyclic amines) is 1. The molecule has 28 heavy (non-hydrogen) atoms. The number of nitrogens with zero attached hydrogens (tertiary/aromatic N) is 2. The molecule has 2 N–H and O–H groups in total. The van der Waals surface area contributed by atoms with Crippen LogP contribution < -0.4 is 10.6 Å². The molecule has 5 atom stereocenters. The molecule has 0 spiro atoms. The molecule has 1 saturated carbocycles. The first kappa shape index (κ1) is 21.8. The van der Waals surface area contributed by atoms with E-state index in [-0.39, 0.29) is 29.4 Å². The van der Waals surface area contributed by atoms with E-state index in [4.69, 9.17) is 4.74 Å². The summed E-state index contributed by atoms with van der Waals surface area (Å²) in [4.78, 5) is 7.09. The summed E-state index contributed by atoms with van der Waals surface area (Å²) >= 11 is 0. The average Bonchev–Trinajstić information content (AvgIpc) is 3.25. The maximum atomic E-state index is 5.92. The highest BCUT2D eigenvalue weighted by Crippen LogP contribution is 2.52. The molecule has 156 valence electrons. The van der Waals surface area contributed by atoms with Crippen molar-refractivity contribution < 1.29 is 4.74 Å². The lowest BCUT2D eigenvalue weighted by atomic mass is 9.57. The third-order valence-electron chi connectivity index (χ3n) is 6.89. The van der Waals surface area contributed by atoms with E-state index in [1.165, 1.54) is 5.56 Å². The molecule has 0 aromatic heterocycles. The van der Waals surface area contributed by atoms with Gasteiger partial charge in [-0.2, -0.15) is 0 Å². The van der Waals surface area contributed by atoms with E-state index in [0.29, 0.717) is 30.1 Å². The molecule has 2 saturated heterocycles. The number of hydrogen-bond acceptors (Lipinski definition) is 3. The molecule has 5 unspecified atom stereocenters. The van der Waals surface area contributed by atoms with Gasteiger partial charge in [-0.05, 0) is 25.3 Å². The highest BCUT2D eigenvalue weighted by atomic mass is 127. The van der Waals surface area contributed by atoms with Crippen LogP contribution in [0.2, 0.25) is 0 Å². The Kier molecular flexibility index (Phi) is 6.92. The quantitative estimate of drug-likeness (QED) is 0.380. The Morgan fingerprint density at radius 2 is 2.00 bits per heavy atom. The minimum absolute atomic E-state index is 0. The first-order valence-corrected chi connectivity index (χ1v) is 10.4. The molecule has 3 aliphatic rings. The zero-order valence-electron chi connectivity index (χ0n) is 17.5. The lowest BCUT2D eigenvalue weighted by Crippen LogP contribution is -2.68. The van der Waals surface area contributed by atoms with Gasteiger partial charge in [-0.15, -0.1) is 24.0 Å². The van der Waals surface area contributed by atoms with Gasteiger partial charge in [0, 0.05) is 56.2 Å². The van der Waals surface area contributed by atoms with Crippen molar-refractivity contribution in [3.8, 4) is 0 Å². The van der Waals surface area contributed by atoms with Gasteiger partial charge >= 0.3 is 0 Å². The summed E-state index contributed by atoms with van der Waals surface area (Å²) in [5, 5.41) is 7.40. The molecule has 5 nitrogen and oxygen atoms in total. The number of aliphatic imine (C=N–C) groups is 1. The molecule has 0 bridgehead atoms. The molecular weight excluding hydrogens is 463 g/mol. The minimum Gasteiger partial charge on any atom is -0.377 e. The van der Waals surface area contributed by atoms with Gasteiger partial charge in [0.15, 0.2) is 5.96 Å². The fraction of sp³-hybridized carbons (Fsp3) is 0.682. The highest BCUT2D eigenvalue weighted by Gasteiger charge is 2.59. The van der Waals surface area contributed by atoms with Crippen LogP contribution in [0.1, 0.15) is 39.2 Å². The Morgan fingerprint density at radius 3 is 2.71 bits per heavy atom. The summed E-state index contributed by atoms with van der Waals surface area (Å²) in [5.74, 6) is 1.56. The number of benzene rings is 1. The van der Waals surface area contributed by atoms with Crippen molar-refractivity contribution in [3.63, 3.8) is 0 Å². The molecule has 2 heterocycles. The monoisotopic (exact) mass is 498 g/mol. The molecule has 1 aromatic rings. The van der Waals surface area contributed by atoms with Gasteiger partial charge < -0.3 is 15.4 Å². The second kappa shape index (κ2) is 8.88. The summed E-state index contributed by atoms with van der Waals surface area (Å²) in [7, 11) is 1.88. The number of nitrogens with one attached hydrogen (secondary N) is 2. The van der Waals surface area contributed by atoms with Gasteiger partial charge in [0.1, 0.15) is 0 Å². The van der Waals surface area contributed by atoms with Crippen molar-refractivity contribution in [1.29, 1.82) is 0 Å². The number of halogens is 1. The first-order chi connectivity index (χ1) is 13.0. The molecule has 3 fully saturated rings. The number of rotatable bonds is 4. The van der Waals surface area contributed by atoms with Gasteiger partial charge in [-0.3, -0.25) is 9.89 Å². The Balaban J connectivity index is 0.00000225. The Bertz CT molecular complexity index is 680. The molecule has 6 heteroatoms. The molecule has 0 radical (unpaired) electrons. The maximum absolute atomic E-state index is 5.92. The number of guanidine groups is 1. The van der Waals surface area contributed by atoms with Crippen LogP contribution in [0.4, 0.5) is 0 Å². The van der Waals surface area contributed by atoms with Gasteiger partial charge in [0.25, 0.3) is 0 Å². The number of ether oxygens (including phenoxy) is 1. The van der Waals surface area contributed by atoms with E-state index in [9.17, 15) is 0 Å². The van der Waals surface area contributed by atoms with Crippen molar-refractivity contribution in [2.75, 3.05) is 20.2 Å². The van der Waals surface area contributed by atoms with E-state index in [1.807, 2.05) is 7.05 Å². The van der Waals surface area contributed by atoms with Crippen molar-refractivity contribution in [2.24, 2.45) is 16.3 Å². The molecule has 1 aromatic carbocycles. The molecule has 2 aliphatic heterocycles.